The van der Waals surface area contributed by atoms with Gasteiger partial charge in [0.25, 0.3) is 5.91 Å². The van der Waals surface area contributed by atoms with E-state index in [9.17, 15) is 4.79 Å². The highest BCUT2D eigenvalue weighted by molar-refractivity contribution is 5.80. The summed E-state index contributed by atoms with van der Waals surface area (Å²) >= 11 is 0. The number of rotatable bonds is 7. The summed E-state index contributed by atoms with van der Waals surface area (Å²) in [4.78, 5) is 14.4. The molecule has 0 aliphatic carbocycles. The topological polar surface area (TPSA) is 41.6 Å². The summed E-state index contributed by atoms with van der Waals surface area (Å²) < 4.78 is 5.60. The number of hydrogen-bond acceptors (Lipinski definition) is 3. The molecule has 1 aromatic rings. The number of nitrogens with one attached hydrogen (secondary N) is 1. The van der Waals surface area contributed by atoms with E-state index in [-0.39, 0.29) is 5.91 Å². The van der Waals surface area contributed by atoms with Crippen LogP contribution in [0.4, 0.5) is 0 Å². The van der Waals surface area contributed by atoms with Crippen molar-refractivity contribution >= 4 is 5.91 Å². The molecule has 1 amide bonds. The summed E-state index contributed by atoms with van der Waals surface area (Å²) in [7, 11) is 0. The van der Waals surface area contributed by atoms with Gasteiger partial charge in [-0.2, -0.15) is 0 Å². The van der Waals surface area contributed by atoms with E-state index in [4.69, 9.17) is 4.74 Å². The van der Waals surface area contributed by atoms with E-state index < -0.39 is 6.10 Å². The van der Waals surface area contributed by atoms with Gasteiger partial charge in [-0.15, -0.1) is 0 Å². The lowest BCUT2D eigenvalue weighted by Crippen LogP contribution is -2.38. The van der Waals surface area contributed by atoms with Crippen LogP contribution in [-0.2, 0) is 4.79 Å². The number of piperidine rings is 1. The molecule has 1 atom stereocenters. The lowest BCUT2D eigenvalue weighted by molar-refractivity contribution is -0.127. The van der Waals surface area contributed by atoms with Crippen molar-refractivity contribution in [3.05, 3.63) is 30.3 Å². The Morgan fingerprint density at radius 2 is 1.95 bits per heavy atom. The number of hydrogen-bond donors (Lipinski definition) is 1. The minimum absolute atomic E-state index is 0.0440. The molecule has 0 unspecified atom stereocenters. The Hall–Kier alpha value is -1.55. The van der Waals surface area contributed by atoms with Crippen molar-refractivity contribution in [1.82, 2.24) is 10.2 Å². The number of benzene rings is 1. The van der Waals surface area contributed by atoms with Gasteiger partial charge in [0, 0.05) is 6.54 Å². The van der Waals surface area contributed by atoms with E-state index >= 15 is 0 Å². The zero-order chi connectivity index (χ0) is 14.9. The first-order chi connectivity index (χ1) is 10.3. The molecule has 1 aromatic carbocycles. The number of carbonyl (C=O) groups is 1. The molecule has 0 spiro atoms. The summed E-state index contributed by atoms with van der Waals surface area (Å²) in [5.41, 5.74) is 0. The first-order valence-electron chi connectivity index (χ1n) is 7.97. The molecule has 4 heteroatoms. The van der Waals surface area contributed by atoms with Gasteiger partial charge >= 0.3 is 0 Å². The first kappa shape index (κ1) is 15.8. The largest absolute Gasteiger partial charge is 0.481 e. The lowest BCUT2D eigenvalue weighted by atomic mass is 10.1. The van der Waals surface area contributed by atoms with Gasteiger partial charge in [-0.3, -0.25) is 4.79 Å². The van der Waals surface area contributed by atoms with Crippen LogP contribution in [0.1, 0.15) is 32.6 Å². The van der Waals surface area contributed by atoms with E-state index in [0.717, 1.165) is 25.3 Å². The summed E-state index contributed by atoms with van der Waals surface area (Å²) in [5.74, 6) is 0.686. The molecule has 0 radical (unpaired) electrons. The van der Waals surface area contributed by atoms with Crippen LogP contribution in [0.15, 0.2) is 30.3 Å². The second kappa shape index (κ2) is 8.67. The van der Waals surface area contributed by atoms with Gasteiger partial charge in [0.1, 0.15) is 5.75 Å². The molecule has 21 heavy (non-hydrogen) atoms. The van der Waals surface area contributed by atoms with Crippen molar-refractivity contribution in [2.24, 2.45) is 0 Å². The van der Waals surface area contributed by atoms with E-state index in [1.54, 1.807) is 6.92 Å². The lowest BCUT2D eigenvalue weighted by Gasteiger charge is -2.26. The highest BCUT2D eigenvalue weighted by Gasteiger charge is 2.14. The van der Waals surface area contributed by atoms with Crippen molar-refractivity contribution in [3.8, 4) is 5.75 Å². The second-order valence-electron chi connectivity index (χ2n) is 5.62. The SMILES string of the molecule is C[C@@H](Oc1ccccc1)C(=O)NCCCN1CCCCC1. The summed E-state index contributed by atoms with van der Waals surface area (Å²) in [6, 6.07) is 9.45. The average Bonchev–Trinajstić information content (AvgIpc) is 2.53. The number of nitrogens with zero attached hydrogens (tertiary/aromatic N) is 1. The van der Waals surface area contributed by atoms with Crippen molar-refractivity contribution in [2.45, 2.75) is 38.7 Å². The van der Waals surface area contributed by atoms with Crippen LogP contribution >= 0.6 is 0 Å². The van der Waals surface area contributed by atoms with Crippen LogP contribution in [-0.4, -0.2) is 43.1 Å². The molecule has 2 rings (SSSR count). The smallest absolute Gasteiger partial charge is 0.260 e. The summed E-state index contributed by atoms with van der Waals surface area (Å²) in [6.07, 6.45) is 4.54. The Labute approximate surface area is 127 Å². The molecular formula is C17H26N2O2. The quantitative estimate of drug-likeness (QED) is 0.784. The molecule has 0 aromatic heterocycles. The van der Waals surface area contributed by atoms with E-state index in [1.807, 2.05) is 30.3 Å². The molecule has 1 fully saturated rings. The fraction of sp³-hybridized carbons (Fsp3) is 0.588. The van der Waals surface area contributed by atoms with Crippen LogP contribution in [0.5, 0.6) is 5.75 Å². The Bertz CT molecular complexity index is 416. The molecule has 0 bridgehead atoms. The van der Waals surface area contributed by atoms with Crippen LogP contribution in [0.25, 0.3) is 0 Å². The normalized spacial score (nSPS) is 17.2. The number of likely N-dealkylation sites (tertiary alicyclic amines) is 1. The first-order valence-corrected chi connectivity index (χ1v) is 7.97. The number of ether oxygens (including phenoxy) is 1. The molecule has 0 saturated carbocycles. The summed E-state index contributed by atoms with van der Waals surface area (Å²) in [5, 5.41) is 2.95. The van der Waals surface area contributed by atoms with Crippen molar-refractivity contribution < 1.29 is 9.53 Å². The molecule has 1 heterocycles. The summed E-state index contributed by atoms with van der Waals surface area (Å²) in [6.45, 7) is 6.00. The van der Waals surface area contributed by atoms with Crippen LogP contribution in [0.2, 0.25) is 0 Å². The van der Waals surface area contributed by atoms with Gasteiger partial charge in [-0.05, 0) is 58.0 Å². The van der Waals surface area contributed by atoms with Crippen LogP contribution in [0, 0.1) is 0 Å². The molecular weight excluding hydrogens is 264 g/mol. The maximum Gasteiger partial charge on any atom is 0.260 e. The van der Waals surface area contributed by atoms with Gasteiger partial charge in [-0.25, -0.2) is 0 Å². The highest BCUT2D eigenvalue weighted by Crippen LogP contribution is 2.11. The number of para-hydroxylation sites is 1. The van der Waals surface area contributed by atoms with Gasteiger partial charge in [0.2, 0.25) is 0 Å². The molecule has 116 valence electrons. The fourth-order valence-corrected chi connectivity index (χ4v) is 2.60. The highest BCUT2D eigenvalue weighted by atomic mass is 16.5. The van der Waals surface area contributed by atoms with E-state index in [2.05, 4.69) is 10.2 Å². The number of carbonyl (C=O) groups excluding carboxylic acids is 1. The Balaban J connectivity index is 1.60. The van der Waals surface area contributed by atoms with Gasteiger partial charge < -0.3 is 15.0 Å². The van der Waals surface area contributed by atoms with E-state index in [0.29, 0.717) is 0 Å². The van der Waals surface area contributed by atoms with Crippen LogP contribution in [0.3, 0.4) is 0 Å². The third-order valence-corrected chi connectivity index (χ3v) is 3.82. The monoisotopic (exact) mass is 290 g/mol. The molecule has 1 N–H and O–H groups in total. The van der Waals surface area contributed by atoms with Crippen molar-refractivity contribution in [2.75, 3.05) is 26.2 Å². The molecule has 1 saturated heterocycles. The maximum absolute atomic E-state index is 11.9. The Morgan fingerprint density at radius 1 is 1.24 bits per heavy atom. The average molecular weight is 290 g/mol. The Kier molecular flexibility index (Phi) is 6.54. The zero-order valence-corrected chi connectivity index (χ0v) is 12.9. The predicted molar refractivity (Wildman–Crippen MR) is 84.4 cm³/mol. The zero-order valence-electron chi connectivity index (χ0n) is 12.9. The minimum atomic E-state index is -0.456. The van der Waals surface area contributed by atoms with Gasteiger partial charge in [0.05, 0.1) is 0 Å². The van der Waals surface area contributed by atoms with Crippen molar-refractivity contribution in [3.63, 3.8) is 0 Å². The minimum Gasteiger partial charge on any atom is -0.481 e. The van der Waals surface area contributed by atoms with Crippen molar-refractivity contribution in [1.29, 1.82) is 0 Å². The second-order valence-corrected chi connectivity index (χ2v) is 5.62. The standard InChI is InChI=1S/C17H26N2O2/c1-15(21-16-9-4-2-5-10-16)17(20)18-11-8-14-19-12-6-3-7-13-19/h2,4-5,9-10,15H,3,6-8,11-14H2,1H3,(H,18,20)/t15-/m1/s1. The van der Waals surface area contributed by atoms with Crippen LogP contribution < -0.4 is 10.1 Å². The molecule has 4 nitrogen and oxygen atoms in total. The van der Waals surface area contributed by atoms with E-state index in [1.165, 1.54) is 32.4 Å². The third-order valence-electron chi connectivity index (χ3n) is 3.82. The van der Waals surface area contributed by atoms with Gasteiger partial charge in [-0.1, -0.05) is 24.6 Å². The Morgan fingerprint density at radius 3 is 2.67 bits per heavy atom. The molecule has 1 aliphatic heterocycles. The van der Waals surface area contributed by atoms with Gasteiger partial charge in [0.15, 0.2) is 6.10 Å². The maximum atomic E-state index is 11.9. The number of amides is 1. The third kappa shape index (κ3) is 5.76. The predicted octanol–water partition coefficient (Wildman–Crippen LogP) is 2.45. The molecule has 1 aliphatic rings. The fourth-order valence-electron chi connectivity index (χ4n) is 2.60.